The summed E-state index contributed by atoms with van der Waals surface area (Å²) < 4.78 is 22.0. The summed E-state index contributed by atoms with van der Waals surface area (Å²) in [7, 11) is 1.56. The Bertz CT molecular complexity index is 597. The predicted octanol–water partition coefficient (Wildman–Crippen LogP) is 2.76. The minimum atomic E-state index is -0.565. The van der Waals surface area contributed by atoms with Crippen LogP contribution in [0.15, 0.2) is 28.9 Å². The number of aryl methyl sites for hydroxylation is 1. The number of hydrogen-bond acceptors (Lipinski definition) is 4. The molecule has 1 atom stereocenters. The van der Waals surface area contributed by atoms with Crippen molar-refractivity contribution in [3.8, 4) is 5.75 Å². The van der Waals surface area contributed by atoms with Crippen LogP contribution in [0, 0.1) is 5.82 Å². The number of halogens is 2. The van der Waals surface area contributed by atoms with Crippen LogP contribution in [-0.4, -0.2) is 16.9 Å². The van der Waals surface area contributed by atoms with Crippen molar-refractivity contribution in [1.29, 1.82) is 0 Å². The number of hydrogen-bond donors (Lipinski definition) is 2. The summed E-state index contributed by atoms with van der Waals surface area (Å²) in [6.45, 7) is 2.74. The summed E-state index contributed by atoms with van der Waals surface area (Å²) in [5.74, 6) is 5.91. The van der Waals surface area contributed by atoms with Crippen molar-refractivity contribution in [2.45, 2.75) is 25.9 Å². The monoisotopic (exact) mass is 356 g/mol. The molecule has 2 aromatic rings. The molecule has 1 heterocycles. The highest BCUT2D eigenvalue weighted by Crippen LogP contribution is 2.34. The van der Waals surface area contributed by atoms with Crippen molar-refractivity contribution in [2.24, 2.45) is 5.84 Å². The van der Waals surface area contributed by atoms with E-state index in [-0.39, 0.29) is 5.82 Å². The van der Waals surface area contributed by atoms with E-state index in [0.29, 0.717) is 28.0 Å². The number of benzene rings is 1. The van der Waals surface area contributed by atoms with Crippen LogP contribution in [-0.2, 0) is 6.54 Å². The molecule has 0 radical (unpaired) electrons. The van der Waals surface area contributed by atoms with Gasteiger partial charge in [-0.05, 0) is 18.6 Å². The van der Waals surface area contributed by atoms with Crippen molar-refractivity contribution >= 4 is 15.9 Å². The van der Waals surface area contributed by atoms with Crippen LogP contribution >= 0.6 is 15.9 Å². The van der Waals surface area contributed by atoms with Crippen LogP contribution in [0.25, 0.3) is 0 Å². The molecule has 114 valence electrons. The molecule has 0 fully saturated rings. The zero-order valence-corrected chi connectivity index (χ0v) is 13.5. The molecule has 0 saturated carbocycles. The number of aromatic nitrogens is 2. The highest BCUT2D eigenvalue weighted by Gasteiger charge is 2.26. The molecule has 5 nitrogen and oxygen atoms in total. The average Bonchev–Trinajstić information content (AvgIpc) is 2.86. The summed E-state index contributed by atoms with van der Waals surface area (Å²) >= 11 is 3.38. The van der Waals surface area contributed by atoms with Gasteiger partial charge in [0.1, 0.15) is 11.5 Å². The van der Waals surface area contributed by atoms with E-state index in [2.05, 4.69) is 26.5 Å². The SMILES string of the molecule is CCCn1ncc(OC)c1C(NN)c1c(F)cccc1Br. The maximum Gasteiger partial charge on any atom is 0.161 e. The fourth-order valence-electron chi connectivity index (χ4n) is 2.30. The van der Waals surface area contributed by atoms with Gasteiger partial charge >= 0.3 is 0 Å². The maximum absolute atomic E-state index is 14.2. The molecule has 2 rings (SSSR count). The second-order valence-corrected chi connectivity index (χ2v) is 5.41. The van der Waals surface area contributed by atoms with Gasteiger partial charge in [0.25, 0.3) is 0 Å². The Morgan fingerprint density at radius 2 is 2.29 bits per heavy atom. The predicted molar refractivity (Wildman–Crippen MR) is 82.3 cm³/mol. The van der Waals surface area contributed by atoms with E-state index in [0.717, 1.165) is 6.42 Å². The Labute approximate surface area is 131 Å². The topological polar surface area (TPSA) is 65.1 Å². The smallest absolute Gasteiger partial charge is 0.161 e. The fraction of sp³-hybridized carbons (Fsp3) is 0.357. The molecule has 0 aliphatic heterocycles. The molecule has 0 amide bonds. The zero-order valence-electron chi connectivity index (χ0n) is 11.9. The summed E-state index contributed by atoms with van der Waals surface area (Å²) in [5, 5.41) is 4.29. The van der Waals surface area contributed by atoms with Crippen LogP contribution < -0.4 is 16.0 Å². The molecule has 0 bridgehead atoms. The van der Waals surface area contributed by atoms with Gasteiger partial charge in [-0.1, -0.05) is 28.9 Å². The molecule has 3 N–H and O–H groups in total. The van der Waals surface area contributed by atoms with Crippen molar-refractivity contribution in [2.75, 3.05) is 7.11 Å². The summed E-state index contributed by atoms with van der Waals surface area (Å²) in [4.78, 5) is 0. The Balaban J connectivity index is 2.58. The van der Waals surface area contributed by atoms with E-state index < -0.39 is 6.04 Å². The van der Waals surface area contributed by atoms with Crippen molar-refractivity contribution in [3.63, 3.8) is 0 Å². The number of hydrazine groups is 1. The first-order valence-corrected chi connectivity index (χ1v) is 7.43. The molecule has 0 aliphatic carbocycles. The van der Waals surface area contributed by atoms with E-state index in [4.69, 9.17) is 10.6 Å². The molecule has 0 saturated heterocycles. The van der Waals surface area contributed by atoms with Crippen molar-refractivity contribution in [3.05, 3.63) is 45.9 Å². The number of rotatable bonds is 6. The van der Waals surface area contributed by atoms with Gasteiger partial charge in [0.05, 0.1) is 19.3 Å². The first-order valence-electron chi connectivity index (χ1n) is 6.63. The van der Waals surface area contributed by atoms with Crippen LogP contribution in [0.4, 0.5) is 4.39 Å². The Kier molecular flexibility index (Phi) is 5.33. The Hall–Kier alpha value is -1.44. The van der Waals surface area contributed by atoms with Gasteiger partial charge in [0, 0.05) is 16.6 Å². The molecule has 7 heteroatoms. The van der Waals surface area contributed by atoms with Gasteiger partial charge in [0.15, 0.2) is 5.75 Å². The molecule has 1 unspecified atom stereocenters. The molecule has 1 aromatic carbocycles. The van der Waals surface area contributed by atoms with E-state index in [9.17, 15) is 4.39 Å². The van der Waals surface area contributed by atoms with Crippen LogP contribution in [0.5, 0.6) is 5.75 Å². The minimum absolute atomic E-state index is 0.348. The van der Waals surface area contributed by atoms with Crippen LogP contribution in [0.2, 0.25) is 0 Å². The van der Waals surface area contributed by atoms with Gasteiger partial charge in [-0.25, -0.2) is 9.82 Å². The second kappa shape index (κ2) is 7.02. The lowest BCUT2D eigenvalue weighted by Gasteiger charge is -2.21. The van der Waals surface area contributed by atoms with E-state index in [1.54, 1.807) is 30.1 Å². The maximum atomic E-state index is 14.2. The first kappa shape index (κ1) is 15.9. The van der Waals surface area contributed by atoms with Gasteiger partial charge in [-0.15, -0.1) is 0 Å². The minimum Gasteiger partial charge on any atom is -0.493 e. The molecule has 21 heavy (non-hydrogen) atoms. The number of nitrogens with one attached hydrogen (secondary N) is 1. The van der Waals surface area contributed by atoms with Gasteiger partial charge < -0.3 is 4.74 Å². The van der Waals surface area contributed by atoms with E-state index >= 15 is 0 Å². The third kappa shape index (κ3) is 3.09. The molecule has 0 aliphatic rings. The molecular formula is C14H18BrFN4O. The quantitative estimate of drug-likeness (QED) is 0.616. The normalized spacial score (nSPS) is 12.4. The Morgan fingerprint density at radius 3 is 2.86 bits per heavy atom. The van der Waals surface area contributed by atoms with Crippen molar-refractivity contribution in [1.82, 2.24) is 15.2 Å². The number of ether oxygens (including phenoxy) is 1. The highest BCUT2D eigenvalue weighted by molar-refractivity contribution is 9.10. The van der Waals surface area contributed by atoms with Gasteiger partial charge in [-0.2, -0.15) is 5.10 Å². The van der Waals surface area contributed by atoms with Crippen molar-refractivity contribution < 1.29 is 9.13 Å². The molecule has 1 aromatic heterocycles. The lowest BCUT2D eigenvalue weighted by atomic mass is 10.0. The summed E-state index contributed by atoms with van der Waals surface area (Å²) in [5.41, 5.74) is 3.79. The third-order valence-corrected chi connectivity index (χ3v) is 3.92. The zero-order chi connectivity index (χ0) is 15.4. The number of methoxy groups -OCH3 is 1. The standard InChI is InChI=1S/C14H18BrFN4O/c1-3-7-20-14(11(21-2)8-18-20)13(19-17)12-9(15)5-4-6-10(12)16/h4-6,8,13,19H,3,7,17H2,1-2H3. The van der Waals surface area contributed by atoms with Gasteiger partial charge in [-0.3, -0.25) is 10.5 Å². The van der Waals surface area contributed by atoms with Crippen LogP contribution in [0.3, 0.4) is 0 Å². The second-order valence-electron chi connectivity index (χ2n) is 4.56. The average molecular weight is 357 g/mol. The largest absolute Gasteiger partial charge is 0.493 e. The van der Waals surface area contributed by atoms with Crippen LogP contribution in [0.1, 0.15) is 30.6 Å². The number of nitrogens with zero attached hydrogens (tertiary/aromatic N) is 2. The summed E-state index contributed by atoms with van der Waals surface area (Å²) in [6, 6.07) is 4.24. The molecule has 0 spiro atoms. The number of nitrogens with two attached hydrogens (primary N) is 1. The first-order chi connectivity index (χ1) is 10.1. The molecular weight excluding hydrogens is 339 g/mol. The van der Waals surface area contributed by atoms with E-state index in [1.165, 1.54) is 6.07 Å². The fourth-order valence-corrected chi connectivity index (χ4v) is 2.87. The third-order valence-electron chi connectivity index (χ3n) is 3.23. The summed E-state index contributed by atoms with van der Waals surface area (Å²) in [6.07, 6.45) is 2.51. The Morgan fingerprint density at radius 1 is 1.52 bits per heavy atom. The lowest BCUT2D eigenvalue weighted by Crippen LogP contribution is -2.32. The van der Waals surface area contributed by atoms with Gasteiger partial charge in [0.2, 0.25) is 0 Å². The highest BCUT2D eigenvalue weighted by atomic mass is 79.9. The van der Waals surface area contributed by atoms with E-state index in [1.807, 2.05) is 6.92 Å². The lowest BCUT2D eigenvalue weighted by molar-refractivity contribution is 0.396.